The van der Waals surface area contributed by atoms with Crippen molar-refractivity contribution in [3.63, 3.8) is 0 Å². The van der Waals surface area contributed by atoms with Crippen molar-refractivity contribution in [3.05, 3.63) is 0 Å². The van der Waals surface area contributed by atoms with Crippen LogP contribution < -0.4 is 11.5 Å². The zero-order chi connectivity index (χ0) is 9.42. The molecule has 74 valence electrons. The van der Waals surface area contributed by atoms with Crippen molar-refractivity contribution in [3.8, 4) is 0 Å². The van der Waals surface area contributed by atoms with E-state index in [1.807, 2.05) is 0 Å². The summed E-state index contributed by atoms with van der Waals surface area (Å²) in [5.74, 6) is 1.27. The molecule has 13 heavy (non-hydrogen) atoms. The summed E-state index contributed by atoms with van der Waals surface area (Å²) >= 11 is 0. The molecule has 1 saturated heterocycles. The highest BCUT2D eigenvalue weighted by Crippen LogP contribution is 2.35. The third-order valence-corrected chi connectivity index (χ3v) is 3.40. The quantitative estimate of drug-likeness (QED) is 0.560. The lowest BCUT2D eigenvalue weighted by Crippen LogP contribution is -2.34. The zero-order valence-corrected chi connectivity index (χ0v) is 7.78. The summed E-state index contributed by atoms with van der Waals surface area (Å²) in [4.78, 5) is 12.7. The lowest BCUT2D eigenvalue weighted by Gasteiger charge is -2.27. The minimum atomic E-state index is -0.275. The van der Waals surface area contributed by atoms with Gasteiger partial charge < -0.3 is 16.4 Å². The highest BCUT2D eigenvalue weighted by Gasteiger charge is 2.37. The van der Waals surface area contributed by atoms with Gasteiger partial charge >= 0.3 is 6.03 Å². The Morgan fingerprint density at radius 2 is 1.92 bits per heavy atom. The van der Waals surface area contributed by atoms with Gasteiger partial charge in [0.1, 0.15) is 0 Å². The summed E-state index contributed by atoms with van der Waals surface area (Å²) in [7, 11) is 0. The Hall–Kier alpha value is -0.770. The average molecular weight is 183 g/mol. The Kier molecular flexibility index (Phi) is 2.15. The van der Waals surface area contributed by atoms with Gasteiger partial charge in [-0.15, -0.1) is 0 Å². The maximum Gasteiger partial charge on any atom is 0.314 e. The van der Waals surface area contributed by atoms with E-state index < -0.39 is 0 Å². The third-order valence-electron chi connectivity index (χ3n) is 3.40. The van der Waals surface area contributed by atoms with Crippen LogP contribution in [0.5, 0.6) is 0 Å². The summed E-state index contributed by atoms with van der Waals surface area (Å²) < 4.78 is 0. The number of primary amides is 1. The van der Waals surface area contributed by atoms with Crippen molar-refractivity contribution >= 4 is 6.03 Å². The first-order valence-corrected chi connectivity index (χ1v) is 4.97. The van der Waals surface area contributed by atoms with Gasteiger partial charge in [-0.05, 0) is 31.1 Å². The van der Waals surface area contributed by atoms with Crippen LogP contribution in [0.4, 0.5) is 4.79 Å². The van der Waals surface area contributed by atoms with E-state index in [1.54, 1.807) is 4.90 Å². The molecule has 1 aliphatic carbocycles. The summed E-state index contributed by atoms with van der Waals surface area (Å²) in [6.07, 6.45) is 3.33. The molecule has 2 aliphatic rings. The van der Waals surface area contributed by atoms with Gasteiger partial charge in [0, 0.05) is 19.1 Å². The monoisotopic (exact) mass is 183 g/mol. The number of hydrogen-bond acceptors (Lipinski definition) is 2. The van der Waals surface area contributed by atoms with Crippen molar-refractivity contribution < 1.29 is 4.79 Å². The Bertz CT molecular complexity index is 219. The van der Waals surface area contributed by atoms with E-state index in [4.69, 9.17) is 11.5 Å². The van der Waals surface area contributed by atoms with Crippen molar-refractivity contribution in [1.29, 1.82) is 0 Å². The molecule has 0 aromatic rings. The molecule has 2 amide bonds. The van der Waals surface area contributed by atoms with Gasteiger partial charge in [0.15, 0.2) is 0 Å². The highest BCUT2D eigenvalue weighted by atomic mass is 16.2. The lowest BCUT2D eigenvalue weighted by molar-refractivity contribution is 0.216. The molecule has 4 nitrogen and oxygen atoms in total. The number of hydrogen-bond donors (Lipinski definition) is 2. The molecule has 0 aromatic heterocycles. The standard InChI is InChI=1S/C9H17N3O/c10-8-2-1-6-4-12(9(11)13)5-7(6)3-8/h6-8H,1-5,10H2,(H2,11,13)/t6-,7+,8?/m1/s1. The van der Waals surface area contributed by atoms with Crippen LogP contribution in [0.1, 0.15) is 19.3 Å². The van der Waals surface area contributed by atoms with E-state index in [2.05, 4.69) is 0 Å². The Morgan fingerprint density at radius 3 is 2.62 bits per heavy atom. The number of nitrogens with zero attached hydrogens (tertiary/aromatic N) is 1. The van der Waals surface area contributed by atoms with E-state index in [9.17, 15) is 4.79 Å². The molecule has 0 spiro atoms. The fourth-order valence-electron chi connectivity index (χ4n) is 2.65. The second-order valence-corrected chi connectivity index (χ2v) is 4.34. The van der Waals surface area contributed by atoms with E-state index in [0.717, 1.165) is 32.4 Å². The van der Waals surface area contributed by atoms with Crippen LogP contribution in [0.2, 0.25) is 0 Å². The second-order valence-electron chi connectivity index (χ2n) is 4.34. The Labute approximate surface area is 78.2 Å². The van der Waals surface area contributed by atoms with Gasteiger partial charge in [-0.2, -0.15) is 0 Å². The molecule has 1 unspecified atom stereocenters. The number of carbonyl (C=O) groups excluding carboxylic acids is 1. The number of nitrogens with two attached hydrogens (primary N) is 2. The number of rotatable bonds is 0. The van der Waals surface area contributed by atoms with Crippen LogP contribution >= 0.6 is 0 Å². The van der Waals surface area contributed by atoms with Gasteiger partial charge in [0.2, 0.25) is 0 Å². The largest absolute Gasteiger partial charge is 0.351 e. The van der Waals surface area contributed by atoms with Crippen LogP contribution in [0.15, 0.2) is 0 Å². The molecule has 1 heterocycles. The number of fused-ring (bicyclic) bond motifs is 1. The first-order valence-electron chi connectivity index (χ1n) is 4.97. The Morgan fingerprint density at radius 1 is 1.23 bits per heavy atom. The lowest BCUT2D eigenvalue weighted by atomic mass is 9.79. The molecular formula is C9H17N3O. The molecule has 4 N–H and O–H groups in total. The normalized spacial score (nSPS) is 38.8. The van der Waals surface area contributed by atoms with Crippen molar-refractivity contribution in [2.75, 3.05) is 13.1 Å². The van der Waals surface area contributed by atoms with E-state index >= 15 is 0 Å². The summed E-state index contributed by atoms with van der Waals surface area (Å²) in [5.41, 5.74) is 11.1. The topological polar surface area (TPSA) is 72.4 Å². The van der Waals surface area contributed by atoms with Crippen LogP contribution in [-0.4, -0.2) is 30.1 Å². The van der Waals surface area contributed by atoms with Crippen LogP contribution in [0, 0.1) is 11.8 Å². The minimum absolute atomic E-state index is 0.275. The average Bonchev–Trinajstić information content (AvgIpc) is 2.46. The summed E-state index contributed by atoms with van der Waals surface area (Å²) in [6, 6.07) is 0.0667. The molecule has 3 atom stereocenters. The van der Waals surface area contributed by atoms with E-state index in [0.29, 0.717) is 17.9 Å². The van der Waals surface area contributed by atoms with Crippen molar-refractivity contribution in [2.24, 2.45) is 23.3 Å². The van der Waals surface area contributed by atoms with Crippen molar-refractivity contribution in [1.82, 2.24) is 4.90 Å². The molecule has 1 aliphatic heterocycles. The number of amides is 2. The molecule has 0 aromatic carbocycles. The first kappa shape index (κ1) is 8.81. The third kappa shape index (κ3) is 1.63. The summed E-state index contributed by atoms with van der Waals surface area (Å²) in [5, 5.41) is 0. The summed E-state index contributed by atoms with van der Waals surface area (Å²) in [6.45, 7) is 1.68. The molecule has 0 radical (unpaired) electrons. The minimum Gasteiger partial charge on any atom is -0.351 e. The molecule has 2 fully saturated rings. The SMILES string of the molecule is NC(=O)N1C[C@H]2CCC(N)C[C@H]2C1. The molecule has 4 heteroatoms. The molecule has 0 bridgehead atoms. The zero-order valence-electron chi connectivity index (χ0n) is 7.78. The first-order chi connectivity index (χ1) is 6.16. The van der Waals surface area contributed by atoms with Gasteiger partial charge in [0.25, 0.3) is 0 Å². The second kappa shape index (κ2) is 3.18. The molecule has 1 saturated carbocycles. The van der Waals surface area contributed by atoms with Crippen LogP contribution in [0.25, 0.3) is 0 Å². The fourth-order valence-corrected chi connectivity index (χ4v) is 2.65. The fraction of sp³-hybridized carbons (Fsp3) is 0.889. The van der Waals surface area contributed by atoms with Gasteiger partial charge in [0.05, 0.1) is 0 Å². The smallest absolute Gasteiger partial charge is 0.314 e. The van der Waals surface area contributed by atoms with Gasteiger partial charge in [-0.1, -0.05) is 0 Å². The predicted molar refractivity (Wildman–Crippen MR) is 50.0 cm³/mol. The maximum atomic E-state index is 10.9. The number of urea groups is 1. The molecule has 2 rings (SSSR count). The predicted octanol–water partition coefficient (Wildman–Crippen LogP) is 0.124. The van der Waals surface area contributed by atoms with Crippen LogP contribution in [0.3, 0.4) is 0 Å². The van der Waals surface area contributed by atoms with Gasteiger partial charge in [-0.3, -0.25) is 0 Å². The van der Waals surface area contributed by atoms with Crippen LogP contribution in [-0.2, 0) is 0 Å². The van der Waals surface area contributed by atoms with Crippen molar-refractivity contribution in [2.45, 2.75) is 25.3 Å². The number of likely N-dealkylation sites (tertiary alicyclic amines) is 1. The van der Waals surface area contributed by atoms with E-state index in [1.165, 1.54) is 0 Å². The van der Waals surface area contributed by atoms with E-state index in [-0.39, 0.29) is 6.03 Å². The van der Waals surface area contributed by atoms with Gasteiger partial charge in [-0.25, -0.2) is 4.79 Å². The molecular weight excluding hydrogens is 166 g/mol. The highest BCUT2D eigenvalue weighted by molar-refractivity contribution is 5.72. The Balaban J connectivity index is 1.98. The maximum absolute atomic E-state index is 10.9. The number of carbonyl (C=O) groups is 1.